The third-order valence-corrected chi connectivity index (χ3v) is 3.04. The molecule has 0 radical (unpaired) electrons. The molecule has 1 amide bonds. The van der Waals surface area contributed by atoms with Crippen molar-refractivity contribution in [2.45, 2.75) is 65.0 Å². The van der Waals surface area contributed by atoms with Crippen LogP contribution in [0.1, 0.15) is 53.9 Å². The molecular weight excluding hydrogens is 228 g/mol. The summed E-state index contributed by atoms with van der Waals surface area (Å²) in [5.74, 6) is 0.555. The molecule has 0 saturated carbocycles. The van der Waals surface area contributed by atoms with Gasteiger partial charge in [0, 0.05) is 6.54 Å². The average molecular weight is 256 g/mol. The van der Waals surface area contributed by atoms with Gasteiger partial charge in [0.25, 0.3) is 0 Å². The van der Waals surface area contributed by atoms with Crippen LogP contribution in [0.5, 0.6) is 0 Å². The summed E-state index contributed by atoms with van der Waals surface area (Å²) in [5.41, 5.74) is -0.583. The molecule has 2 N–H and O–H groups in total. The molecular formula is C14H28N2O2. The molecule has 0 aromatic heterocycles. The SMILES string of the molecule is CC(C)CC1(NC(=O)OC(C)(C)C)CCCNC1. The van der Waals surface area contributed by atoms with Crippen LogP contribution in [0.15, 0.2) is 0 Å². The van der Waals surface area contributed by atoms with Gasteiger partial charge in [0.15, 0.2) is 0 Å². The summed E-state index contributed by atoms with van der Waals surface area (Å²) >= 11 is 0. The zero-order valence-electron chi connectivity index (χ0n) is 12.4. The van der Waals surface area contributed by atoms with Gasteiger partial charge in [-0.15, -0.1) is 0 Å². The van der Waals surface area contributed by atoms with Crippen LogP contribution in [0.4, 0.5) is 4.79 Å². The van der Waals surface area contributed by atoms with Crippen molar-refractivity contribution in [2.24, 2.45) is 5.92 Å². The van der Waals surface area contributed by atoms with E-state index in [9.17, 15) is 4.79 Å². The Morgan fingerprint density at radius 1 is 1.44 bits per heavy atom. The quantitative estimate of drug-likeness (QED) is 0.816. The number of hydrogen-bond donors (Lipinski definition) is 2. The summed E-state index contributed by atoms with van der Waals surface area (Å²) in [6.07, 6.45) is 2.81. The van der Waals surface area contributed by atoms with Gasteiger partial charge in [-0.2, -0.15) is 0 Å². The van der Waals surface area contributed by atoms with Crippen LogP contribution >= 0.6 is 0 Å². The van der Waals surface area contributed by atoms with E-state index in [-0.39, 0.29) is 11.6 Å². The fourth-order valence-corrected chi connectivity index (χ4v) is 2.60. The standard InChI is InChI=1S/C14H28N2O2/c1-11(2)9-14(7-6-8-15-10-14)16-12(17)18-13(3,4)5/h11,15H,6-10H2,1-5H3,(H,16,17). The second-order valence-corrected chi connectivity index (χ2v) is 6.79. The van der Waals surface area contributed by atoms with E-state index >= 15 is 0 Å². The predicted octanol–water partition coefficient (Wildman–Crippen LogP) is 2.68. The van der Waals surface area contributed by atoms with Gasteiger partial charge in [-0.25, -0.2) is 4.79 Å². The van der Waals surface area contributed by atoms with Crippen molar-refractivity contribution in [2.75, 3.05) is 13.1 Å². The van der Waals surface area contributed by atoms with Crippen molar-refractivity contribution in [3.8, 4) is 0 Å². The van der Waals surface area contributed by atoms with Crippen LogP contribution in [0.2, 0.25) is 0 Å². The zero-order valence-corrected chi connectivity index (χ0v) is 12.4. The van der Waals surface area contributed by atoms with Crippen LogP contribution in [0.25, 0.3) is 0 Å². The lowest BCUT2D eigenvalue weighted by atomic mass is 9.82. The lowest BCUT2D eigenvalue weighted by Gasteiger charge is -2.40. The first-order valence-electron chi connectivity index (χ1n) is 6.94. The van der Waals surface area contributed by atoms with Gasteiger partial charge in [0.2, 0.25) is 0 Å². The molecule has 0 bridgehead atoms. The van der Waals surface area contributed by atoms with E-state index in [0.29, 0.717) is 5.92 Å². The number of carbonyl (C=O) groups excluding carboxylic acids is 1. The maximum absolute atomic E-state index is 12.0. The molecule has 1 atom stereocenters. The van der Waals surface area contributed by atoms with Crippen LogP contribution < -0.4 is 10.6 Å². The van der Waals surface area contributed by atoms with E-state index in [1.165, 1.54) is 0 Å². The molecule has 1 rings (SSSR count). The molecule has 1 heterocycles. The summed E-state index contributed by atoms with van der Waals surface area (Å²) in [7, 11) is 0. The summed E-state index contributed by atoms with van der Waals surface area (Å²) in [5, 5.41) is 6.48. The van der Waals surface area contributed by atoms with Gasteiger partial charge < -0.3 is 15.4 Å². The molecule has 4 heteroatoms. The smallest absolute Gasteiger partial charge is 0.408 e. The zero-order chi connectivity index (χ0) is 13.8. The highest BCUT2D eigenvalue weighted by molar-refractivity contribution is 5.68. The first-order valence-corrected chi connectivity index (χ1v) is 6.94. The summed E-state index contributed by atoms with van der Waals surface area (Å²) < 4.78 is 5.37. The summed E-state index contributed by atoms with van der Waals surface area (Å²) in [6, 6.07) is 0. The Morgan fingerprint density at radius 2 is 2.11 bits per heavy atom. The maximum Gasteiger partial charge on any atom is 0.408 e. The third kappa shape index (κ3) is 5.25. The fourth-order valence-electron chi connectivity index (χ4n) is 2.60. The Morgan fingerprint density at radius 3 is 2.56 bits per heavy atom. The van der Waals surface area contributed by atoms with E-state index < -0.39 is 5.60 Å². The molecule has 0 aromatic carbocycles. The number of alkyl carbamates (subject to hydrolysis) is 1. The number of amides is 1. The van der Waals surface area contributed by atoms with E-state index in [1.807, 2.05) is 20.8 Å². The number of hydrogen-bond acceptors (Lipinski definition) is 3. The van der Waals surface area contributed by atoms with Crippen LogP contribution in [-0.4, -0.2) is 30.3 Å². The van der Waals surface area contributed by atoms with Crippen LogP contribution in [0, 0.1) is 5.92 Å². The molecule has 18 heavy (non-hydrogen) atoms. The summed E-state index contributed by atoms with van der Waals surface area (Å²) in [4.78, 5) is 12.0. The number of carbonyl (C=O) groups is 1. The molecule has 1 fully saturated rings. The van der Waals surface area contributed by atoms with Gasteiger partial charge in [-0.3, -0.25) is 0 Å². The molecule has 1 aliphatic heterocycles. The minimum atomic E-state index is -0.439. The van der Waals surface area contributed by atoms with Crippen LogP contribution in [-0.2, 0) is 4.74 Å². The maximum atomic E-state index is 12.0. The van der Waals surface area contributed by atoms with Crippen molar-refractivity contribution >= 4 is 6.09 Å². The molecule has 1 aliphatic rings. The molecule has 1 unspecified atom stereocenters. The highest BCUT2D eigenvalue weighted by atomic mass is 16.6. The topological polar surface area (TPSA) is 50.4 Å². The summed E-state index contributed by atoms with van der Waals surface area (Å²) in [6.45, 7) is 11.9. The molecule has 0 aromatic rings. The minimum Gasteiger partial charge on any atom is -0.444 e. The van der Waals surface area contributed by atoms with E-state index in [1.54, 1.807) is 0 Å². The van der Waals surface area contributed by atoms with E-state index in [0.717, 1.165) is 32.4 Å². The van der Waals surface area contributed by atoms with Crippen molar-refractivity contribution in [1.82, 2.24) is 10.6 Å². The van der Waals surface area contributed by atoms with E-state index in [2.05, 4.69) is 24.5 Å². The third-order valence-electron chi connectivity index (χ3n) is 3.04. The first-order chi connectivity index (χ1) is 8.22. The lowest BCUT2D eigenvalue weighted by Crippen LogP contribution is -2.58. The molecule has 0 aliphatic carbocycles. The Labute approximate surface area is 111 Å². The van der Waals surface area contributed by atoms with Gasteiger partial charge in [-0.05, 0) is 52.5 Å². The Hall–Kier alpha value is -0.770. The van der Waals surface area contributed by atoms with Crippen molar-refractivity contribution < 1.29 is 9.53 Å². The fraction of sp³-hybridized carbons (Fsp3) is 0.929. The van der Waals surface area contributed by atoms with Gasteiger partial charge in [0.1, 0.15) is 5.60 Å². The van der Waals surface area contributed by atoms with Gasteiger partial charge in [0.05, 0.1) is 5.54 Å². The Balaban J connectivity index is 2.63. The molecule has 1 saturated heterocycles. The van der Waals surface area contributed by atoms with Gasteiger partial charge >= 0.3 is 6.09 Å². The van der Waals surface area contributed by atoms with Crippen molar-refractivity contribution in [1.29, 1.82) is 0 Å². The first kappa shape index (κ1) is 15.3. The molecule has 0 spiro atoms. The number of ether oxygens (including phenoxy) is 1. The number of nitrogens with one attached hydrogen (secondary N) is 2. The Bertz CT molecular complexity index is 276. The number of rotatable bonds is 3. The second-order valence-electron chi connectivity index (χ2n) is 6.79. The highest BCUT2D eigenvalue weighted by Gasteiger charge is 2.35. The monoisotopic (exact) mass is 256 g/mol. The van der Waals surface area contributed by atoms with Crippen LogP contribution in [0.3, 0.4) is 0 Å². The number of piperidine rings is 1. The molecule has 4 nitrogen and oxygen atoms in total. The molecule has 106 valence electrons. The second kappa shape index (κ2) is 5.91. The van der Waals surface area contributed by atoms with Crippen molar-refractivity contribution in [3.05, 3.63) is 0 Å². The van der Waals surface area contributed by atoms with Crippen molar-refractivity contribution in [3.63, 3.8) is 0 Å². The average Bonchev–Trinajstić information content (AvgIpc) is 2.13. The lowest BCUT2D eigenvalue weighted by molar-refractivity contribution is 0.0416. The van der Waals surface area contributed by atoms with Gasteiger partial charge in [-0.1, -0.05) is 13.8 Å². The Kier molecular flexibility index (Phi) is 5.02. The highest BCUT2D eigenvalue weighted by Crippen LogP contribution is 2.25. The predicted molar refractivity (Wildman–Crippen MR) is 73.7 cm³/mol. The normalized spacial score (nSPS) is 25.0. The van der Waals surface area contributed by atoms with E-state index in [4.69, 9.17) is 4.74 Å². The minimum absolute atomic E-state index is 0.144. The largest absolute Gasteiger partial charge is 0.444 e.